The Hall–Kier alpha value is -0.670. The van der Waals surface area contributed by atoms with Crippen LogP contribution in [0.25, 0.3) is 0 Å². The Morgan fingerprint density at radius 3 is 2.17 bits per heavy atom. The highest BCUT2D eigenvalue weighted by atomic mass is 16.5. The fraction of sp³-hybridized carbons (Fsp3) is 0.923. The van der Waals surface area contributed by atoms with Crippen LogP contribution in [0.4, 0.5) is 0 Å². The van der Waals surface area contributed by atoms with Gasteiger partial charge in [-0.25, -0.2) is 0 Å². The Labute approximate surface area is 109 Å². The number of nitrogens with two attached hydrogens (primary N) is 1. The van der Waals surface area contributed by atoms with Crippen LogP contribution in [-0.2, 0) is 4.74 Å². The van der Waals surface area contributed by atoms with E-state index in [1.165, 1.54) is 6.42 Å². The maximum Gasteiger partial charge on any atom is 0.106 e. The molecular formula is C13H24N4O. The molecular weight excluding hydrogens is 228 g/mol. The number of ether oxygens (including phenoxy) is 1. The van der Waals surface area contributed by atoms with E-state index in [2.05, 4.69) is 15.9 Å². The highest BCUT2D eigenvalue weighted by Gasteiger charge is 2.30. The van der Waals surface area contributed by atoms with E-state index in [0.29, 0.717) is 0 Å². The van der Waals surface area contributed by atoms with Crippen molar-refractivity contribution >= 4 is 0 Å². The molecule has 0 spiro atoms. The minimum absolute atomic E-state index is 0.569. The Morgan fingerprint density at radius 2 is 1.61 bits per heavy atom. The molecule has 2 heterocycles. The van der Waals surface area contributed by atoms with E-state index in [1.807, 2.05) is 0 Å². The summed E-state index contributed by atoms with van der Waals surface area (Å²) in [6.07, 6.45) is 2.81. The van der Waals surface area contributed by atoms with Gasteiger partial charge in [0.1, 0.15) is 5.54 Å². The highest BCUT2D eigenvalue weighted by molar-refractivity contribution is 5.07. The number of piperidine rings is 1. The molecule has 0 bridgehead atoms. The third kappa shape index (κ3) is 3.92. The first-order valence-corrected chi connectivity index (χ1v) is 6.94. The van der Waals surface area contributed by atoms with Gasteiger partial charge in [0.25, 0.3) is 0 Å². The topological polar surface area (TPSA) is 65.5 Å². The van der Waals surface area contributed by atoms with Gasteiger partial charge in [-0.05, 0) is 32.4 Å². The van der Waals surface area contributed by atoms with Gasteiger partial charge in [0.15, 0.2) is 0 Å². The van der Waals surface area contributed by atoms with Crippen molar-refractivity contribution in [1.82, 2.24) is 9.80 Å². The third-order valence-electron chi connectivity index (χ3n) is 4.02. The van der Waals surface area contributed by atoms with Crippen molar-refractivity contribution in [2.75, 3.05) is 52.5 Å². The molecule has 2 rings (SSSR count). The van der Waals surface area contributed by atoms with Crippen molar-refractivity contribution in [1.29, 1.82) is 5.26 Å². The lowest BCUT2D eigenvalue weighted by atomic mass is 9.90. The lowest BCUT2D eigenvalue weighted by Gasteiger charge is -2.35. The molecule has 0 radical (unpaired) electrons. The van der Waals surface area contributed by atoms with Crippen LogP contribution < -0.4 is 5.73 Å². The van der Waals surface area contributed by atoms with Crippen LogP contribution in [-0.4, -0.2) is 67.8 Å². The predicted molar refractivity (Wildman–Crippen MR) is 70.1 cm³/mol. The molecule has 2 saturated heterocycles. The largest absolute Gasteiger partial charge is 0.379 e. The Morgan fingerprint density at radius 1 is 1.06 bits per heavy atom. The number of nitrogens with zero attached hydrogens (tertiary/aromatic N) is 3. The minimum atomic E-state index is -0.569. The Bertz CT molecular complexity index is 288. The molecule has 0 aromatic carbocycles. The van der Waals surface area contributed by atoms with E-state index in [0.717, 1.165) is 65.3 Å². The summed E-state index contributed by atoms with van der Waals surface area (Å²) in [6, 6.07) is 2.24. The van der Waals surface area contributed by atoms with Crippen molar-refractivity contribution in [3.05, 3.63) is 0 Å². The van der Waals surface area contributed by atoms with Gasteiger partial charge in [0.05, 0.1) is 19.3 Å². The van der Waals surface area contributed by atoms with Gasteiger partial charge in [-0.1, -0.05) is 0 Å². The van der Waals surface area contributed by atoms with E-state index in [-0.39, 0.29) is 0 Å². The van der Waals surface area contributed by atoms with E-state index in [4.69, 9.17) is 15.7 Å². The van der Waals surface area contributed by atoms with E-state index in [1.54, 1.807) is 0 Å². The second-order valence-corrected chi connectivity index (χ2v) is 5.42. The molecule has 102 valence electrons. The normalized spacial score (nSPS) is 25.8. The first kappa shape index (κ1) is 13.8. The molecule has 0 unspecified atom stereocenters. The van der Waals surface area contributed by atoms with Crippen molar-refractivity contribution < 1.29 is 4.74 Å². The van der Waals surface area contributed by atoms with Crippen LogP contribution in [0.1, 0.15) is 19.3 Å². The van der Waals surface area contributed by atoms with Gasteiger partial charge in [-0.15, -0.1) is 0 Å². The molecule has 2 aliphatic rings. The van der Waals surface area contributed by atoms with Gasteiger partial charge in [0.2, 0.25) is 0 Å². The first-order valence-electron chi connectivity index (χ1n) is 6.94. The maximum absolute atomic E-state index is 8.97. The fourth-order valence-electron chi connectivity index (χ4n) is 2.63. The Kier molecular flexibility index (Phi) is 4.95. The zero-order valence-electron chi connectivity index (χ0n) is 11.1. The molecule has 0 aromatic heterocycles. The minimum Gasteiger partial charge on any atom is -0.379 e. The van der Waals surface area contributed by atoms with Crippen LogP contribution in [0.15, 0.2) is 0 Å². The number of morpholine rings is 1. The van der Waals surface area contributed by atoms with Crippen molar-refractivity contribution in [2.45, 2.75) is 24.8 Å². The molecule has 0 aromatic rings. The van der Waals surface area contributed by atoms with E-state index >= 15 is 0 Å². The first-order chi connectivity index (χ1) is 8.72. The molecule has 0 aliphatic carbocycles. The average Bonchev–Trinajstić information content (AvgIpc) is 2.42. The van der Waals surface area contributed by atoms with Crippen LogP contribution in [0.5, 0.6) is 0 Å². The molecule has 2 aliphatic heterocycles. The zero-order valence-corrected chi connectivity index (χ0v) is 11.1. The van der Waals surface area contributed by atoms with Crippen LogP contribution in [0, 0.1) is 11.3 Å². The van der Waals surface area contributed by atoms with Gasteiger partial charge in [-0.3, -0.25) is 4.90 Å². The van der Waals surface area contributed by atoms with Gasteiger partial charge in [0, 0.05) is 26.2 Å². The number of likely N-dealkylation sites (tertiary alicyclic amines) is 1. The van der Waals surface area contributed by atoms with Crippen molar-refractivity contribution in [3.8, 4) is 6.07 Å². The second kappa shape index (κ2) is 6.48. The van der Waals surface area contributed by atoms with Crippen LogP contribution in [0.2, 0.25) is 0 Å². The fourth-order valence-corrected chi connectivity index (χ4v) is 2.63. The molecule has 0 saturated carbocycles. The predicted octanol–water partition coefficient (Wildman–Crippen LogP) is 0.0256. The molecule has 5 nitrogen and oxygen atoms in total. The molecule has 2 N–H and O–H groups in total. The summed E-state index contributed by atoms with van der Waals surface area (Å²) >= 11 is 0. The quantitative estimate of drug-likeness (QED) is 0.764. The summed E-state index contributed by atoms with van der Waals surface area (Å²) in [7, 11) is 0. The van der Waals surface area contributed by atoms with Crippen molar-refractivity contribution in [3.63, 3.8) is 0 Å². The summed E-state index contributed by atoms with van der Waals surface area (Å²) < 4.78 is 5.33. The number of rotatable bonds is 4. The lowest BCUT2D eigenvalue weighted by Crippen LogP contribution is -2.49. The van der Waals surface area contributed by atoms with Crippen LogP contribution >= 0.6 is 0 Å². The summed E-state index contributed by atoms with van der Waals surface area (Å²) in [5.74, 6) is 0. The second-order valence-electron chi connectivity index (χ2n) is 5.42. The summed E-state index contributed by atoms with van der Waals surface area (Å²) in [5, 5.41) is 8.97. The molecule has 5 heteroatoms. The van der Waals surface area contributed by atoms with Gasteiger partial charge in [-0.2, -0.15) is 5.26 Å². The summed E-state index contributed by atoms with van der Waals surface area (Å²) in [4.78, 5) is 4.90. The number of nitriles is 1. The standard InChI is InChI=1S/C13H24N4O/c14-12-13(15)2-6-16(7-3-13)4-1-5-17-8-10-18-11-9-17/h1-11,15H2. The molecule has 0 amide bonds. The average molecular weight is 252 g/mol. The maximum atomic E-state index is 8.97. The number of hydrogen-bond donors (Lipinski definition) is 1. The molecule has 2 fully saturated rings. The molecule has 0 atom stereocenters. The van der Waals surface area contributed by atoms with E-state index < -0.39 is 5.54 Å². The monoisotopic (exact) mass is 252 g/mol. The summed E-state index contributed by atoms with van der Waals surface area (Å²) in [5.41, 5.74) is 5.39. The van der Waals surface area contributed by atoms with Gasteiger partial charge >= 0.3 is 0 Å². The smallest absolute Gasteiger partial charge is 0.106 e. The highest BCUT2D eigenvalue weighted by Crippen LogP contribution is 2.18. The Balaban J connectivity index is 1.59. The lowest BCUT2D eigenvalue weighted by molar-refractivity contribution is 0.0356. The SMILES string of the molecule is N#CC1(N)CCN(CCCN2CCOCC2)CC1. The molecule has 18 heavy (non-hydrogen) atoms. The summed E-state index contributed by atoms with van der Waals surface area (Å²) in [6.45, 7) is 8.11. The van der Waals surface area contributed by atoms with Crippen LogP contribution in [0.3, 0.4) is 0 Å². The van der Waals surface area contributed by atoms with E-state index in [9.17, 15) is 0 Å². The third-order valence-corrected chi connectivity index (χ3v) is 4.02. The zero-order chi connectivity index (χ0) is 12.8. The van der Waals surface area contributed by atoms with Crippen molar-refractivity contribution in [2.24, 2.45) is 5.73 Å². The number of hydrogen-bond acceptors (Lipinski definition) is 5. The van der Waals surface area contributed by atoms with Gasteiger partial charge < -0.3 is 15.4 Å².